The molecule has 0 unspecified atom stereocenters. The van der Waals surface area contributed by atoms with Crippen LogP contribution in [-0.4, -0.2) is 28.7 Å². The fourth-order valence-corrected chi connectivity index (χ4v) is 5.71. The number of aryl methyl sites for hydroxylation is 1. The van der Waals surface area contributed by atoms with E-state index < -0.39 is 16.9 Å². The Bertz CT molecular complexity index is 1700. The molecule has 3 aromatic rings. The molecule has 0 spiro atoms. The minimum Gasteiger partial charge on any atom is -0.473 e. The zero-order chi connectivity index (χ0) is 27.6. The predicted molar refractivity (Wildman–Crippen MR) is 147 cm³/mol. The number of allylic oxidation sites excluding steroid dienone is 1. The third-order valence-electron chi connectivity index (χ3n) is 5.75. The molecule has 2 heterocycles. The molecule has 2 aromatic carbocycles. The van der Waals surface area contributed by atoms with Crippen LogP contribution in [0.25, 0.3) is 6.08 Å². The number of hydrogen-bond acceptors (Lipinski definition) is 8. The lowest BCUT2D eigenvalue weighted by Crippen LogP contribution is -2.39. The molecule has 0 fully saturated rings. The number of nitrogens with zero attached hydrogens (tertiary/aromatic N) is 3. The van der Waals surface area contributed by atoms with Crippen molar-refractivity contribution in [2.45, 2.75) is 26.8 Å². The van der Waals surface area contributed by atoms with E-state index in [0.29, 0.717) is 20.5 Å². The first-order valence-electron chi connectivity index (χ1n) is 11.5. The van der Waals surface area contributed by atoms with Gasteiger partial charge in [-0.15, -0.1) is 6.42 Å². The van der Waals surface area contributed by atoms with Crippen LogP contribution in [0.2, 0.25) is 0 Å². The minimum absolute atomic E-state index is 0.000587. The van der Waals surface area contributed by atoms with Gasteiger partial charge in [0.25, 0.3) is 5.56 Å². The van der Waals surface area contributed by atoms with Crippen LogP contribution in [0.4, 0.5) is 5.69 Å². The maximum absolute atomic E-state index is 13.7. The molecule has 1 aliphatic rings. The number of carbonyl (C=O) groups is 1. The van der Waals surface area contributed by atoms with Crippen molar-refractivity contribution < 1.29 is 19.2 Å². The van der Waals surface area contributed by atoms with Crippen LogP contribution < -0.4 is 19.6 Å². The number of terminal acetylenes is 1. The third-order valence-corrected chi connectivity index (χ3v) is 7.32. The Hall–Kier alpha value is -4.01. The van der Waals surface area contributed by atoms with E-state index in [2.05, 4.69) is 26.8 Å². The summed E-state index contributed by atoms with van der Waals surface area (Å²) in [6, 6.07) is 9.71. The number of rotatable bonds is 7. The van der Waals surface area contributed by atoms with Gasteiger partial charge in [0.2, 0.25) is 5.75 Å². The summed E-state index contributed by atoms with van der Waals surface area (Å²) in [6.07, 6.45) is 6.77. The van der Waals surface area contributed by atoms with Gasteiger partial charge in [0.05, 0.1) is 37.8 Å². The largest absolute Gasteiger partial charge is 0.473 e. The van der Waals surface area contributed by atoms with Crippen molar-refractivity contribution in [2.75, 3.05) is 13.2 Å². The zero-order valence-corrected chi connectivity index (χ0v) is 23.1. The van der Waals surface area contributed by atoms with E-state index in [9.17, 15) is 19.7 Å². The molecule has 1 atom stereocenters. The van der Waals surface area contributed by atoms with E-state index in [-0.39, 0.29) is 40.3 Å². The van der Waals surface area contributed by atoms with Crippen molar-refractivity contribution in [2.24, 2.45) is 4.99 Å². The van der Waals surface area contributed by atoms with Gasteiger partial charge in [-0.05, 0) is 60.0 Å². The van der Waals surface area contributed by atoms with Gasteiger partial charge in [-0.25, -0.2) is 9.79 Å². The molecular weight excluding hydrogens is 574 g/mol. The van der Waals surface area contributed by atoms with Crippen LogP contribution in [0.3, 0.4) is 0 Å². The molecule has 0 aliphatic carbocycles. The quantitative estimate of drug-likeness (QED) is 0.178. The van der Waals surface area contributed by atoms with Gasteiger partial charge >= 0.3 is 11.7 Å². The lowest BCUT2D eigenvalue weighted by atomic mass is 9.95. The standard InChI is InChI=1S/C27H22BrN3O6S/c1-5-11-37-24-19(28)12-17(13-20(24)31(34)35)14-21-25(32)30-23(18-9-7-15(3)8-10-18)22(26(33)36-6-2)16(4)29-27(30)38-21/h1,7-10,12-14,23H,6,11H2,2-4H3/b21-14-/t23-/m1/s1. The van der Waals surface area contributed by atoms with Crippen molar-refractivity contribution in [1.29, 1.82) is 0 Å². The highest BCUT2D eigenvalue weighted by atomic mass is 79.9. The summed E-state index contributed by atoms with van der Waals surface area (Å²) in [5.41, 5.74) is 2.20. The van der Waals surface area contributed by atoms with Gasteiger partial charge in [-0.3, -0.25) is 19.5 Å². The number of nitro benzene ring substituents is 1. The molecule has 0 N–H and O–H groups in total. The van der Waals surface area contributed by atoms with E-state index in [1.165, 1.54) is 10.6 Å². The summed E-state index contributed by atoms with van der Waals surface area (Å²) in [4.78, 5) is 42.8. The van der Waals surface area contributed by atoms with E-state index in [4.69, 9.17) is 15.9 Å². The number of esters is 1. The van der Waals surface area contributed by atoms with E-state index in [1.807, 2.05) is 31.2 Å². The topological polar surface area (TPSA) is 113 Å². The molecule has 0 bridgehead atoms. The minimum atomic E-state index is -0.742. The highest BCUT2D eigenvalue weighted by Crippen LogP contribution is 2.37. The Labute approximate surface area is 230 Å². The SMILES string of the molecule is C#CCOc1c(Br)cc(/C=c2\sc3n(c2=O)[C@H](c2ccc(C)cc2)C(C(=O)OCC)=C(C)N=3)cc1[N+](=O)[O-]. The number of hydrogen-bond donors (Lipinski definition) is 0. The van der Waals surface area contributed by atoms with E-state index in [1.54, 1.807) is 26.0 Å². The number of benzene rings is 2. The predicted octanol–water partition coefficient (Wildman–Crippen LogP) is 3.79. The highest BCUT2D eigenvalue weighted by Gasteiger charge is 2.33. The molecule has 1 aliphatic heterocycles. The second-order valence-corrected chi connectivity index (χ2v) is 10.2. The van der Waals surface area contributed by atoms with Gasteiger partial charge in [-0.1, -0.05) is 47.1 Å². The molecule has 194 valence electrons. The number of halogens is 1. The second kappa shape index (κ2) is 11.2. The average molecular weight is 596 g/mol. The summed E-state index contributed by atoms with van der Waals surface area (Å²) in [7, 11) is 0. The van der Waals surface area contributed by atoms with Gasteiger partial charge in [0.1, 0.15) is 6.61 Å². The Kier molecular flexibility index (Phi) is 7.94. The first kappa shape index (κ1) is 27.0. The van der Waals surface area contributed by atoms with Crippen molar-refractivity contribution in [3.05, 3.63) is 98.6 Å². The van der Waals surface area contributed by atoms with Gasteiger partial charge < -0.3 is 9.47 Å². The molecule has 0 radical (unpaired) electrons. The fraction of sp³-hybridized carbons (Fsp3) is 0.222. The molecule has 38 heavy (non-hydrogen) atoms. The second-order valence-electron chi connectivity index (χ2n) is 8.31. The van der Waals surface area contributed by atoms with E-state index >= 15 is 0 Å². The van der Waals surface area contributed by atoms with E-state index in [0.717, 1.165) is 22.5 Å². The van der Waals surface area contributed by atoms with Crippen LogP contribution in [0.5, 0.6) is 5.75 Å². The number of carbonyl (C=O) groups excluding carboxylic acids is 1. The lowest BCUT2D eigenvalue weighted by molar-refractivity contribution is -0.385. The number of aromatic nitrogens is 1. The van der Waals surface area contributed by atoms with Crippen molar-refractivity contribution in [3.8, 4) is 18.1 Å². The average Bonchev–Trinajstić information content (AvgIpc) is 3.17. The molecule has 0 amide bonds. The Morgan fingerprint density at radius 3 is 2.66 bits per heavy atom. The summed E-state index contributed by atoms with van der Waals surface area (Å²) in [5.74, 6) is 1.73. The summed E-state index contributed by atoms with van der Waals surface area (Å²) in [5, 5.41) is 11.7. The lowest BCUT2D eigenvalue weighted by Gasteiger charge is -2.24. The summed E-state index contributed by atoms with van der Waals surface area (Å²) in [6.45, 7) is 5.40. The molecular formula is C27H22BrN3O6S. The van der Waals surface area contributed by atoms with Crippen LogP contribution in [0.15, 0.2) is 61.9 Å². The smallest absolute Gasteiger partial charge is 0.338 e. The monoisotopic (exact) mass is 595 g/mol. The Morgan fingerprint density at radius 2 is 2.03 bits per heavy atom. The van der Waals surface area contributed by atoms with Crippen LogP contribution >= 0.6 is 27.3 Å². The highest BCUT2D eigenvalue weighted by molar-refractivity contribution is 9.10. The van der Waals surface area contributed by atoms with Gasteiger partial charge in [0.15, 0.2) is 4.80 Å². The summed E-state index contributed by atoms with van der Waals surface area (Å²) >= 11 is 4.43. The Balaban J connectivity index is 1.92. The van der Waals surface area contributed by atoms with Crippen molar-refractivity contribution in [1.82, 2.24) is 4.57 Å². The first-order valence-corrected chi connectivity index (χ1v) is 13.1. The van der Waals surface area contributed by atoms with Crippen molar-refractivity contribution >= 4 is 45.0 Å². The fourth-order valence-electron chi connectivity index (χ4n) is 4.08. The molecule has 1 aromatic heterocycles. The normalized spacial score (nSPS) is 14.9. The van der Waals surface area contributed by atoms with Crippen molar-refractivity contribution in [3.63, 3.8) is 0 Å². The van der Waals surface area contributed by atoms with Crippen LogP contribution in [0.1, 0.15) is 36.6 Å². The molecule has 0 saturated carbocycles. The maximum Gasteiger partial charge on any atom is 0.338 e. The number of thiazole rings is 1. The number of ether oxygens (including phenoxy) is 2. The first-order chi connectivity index (χ1) is 18.2. The van der Waals surface area contributed by atoms with Gasteiger partial charge in [-0.2, -0.15) is 0 Å². The maximum atomic E-state index is 13.7. The van der Waals surface area contributed by atoms with Gasteiger partial charge in [0, 0.05) is 6.07 Å². The number of fused-ring (bicyclic) bond motifs is 1. The third kappa shape index (κ3) is 5.18. The summed E-state index contributed by atoms with van der Waals surface area (Å²) < 4.78 is 12.7. The zero-order valence-electron chi connectivity index (χ0n) is 20.7. The number of nitro groups is 1. The van der Waals surface area contributed by atoms with Crippen LogP contribution in [0, 0.1) is 29.4 Å². The molecule has 9 nitrogen and oxygen atoms in total. The molecule has 0 saturated heterocycles. The molecule has 4 rings (SSSR count). The van der Waals surface area contributed by atoms with Crippen LogP contribution in [-0.2, 0) is 9.53 Å². The molecule has 11 heteroatoms. The Morgan fingerprint density at radius 1 is 1.32 bits per heavy atom.